The highest BCUT2D eigenvalue weighted by molar-refractivity contribution is 5.38. The van der Waals surface area contributed by atoms with Gasteiger partial charge in [0, 0.05) is 37.8 Å². The molecule has 0 aliphatic carbocycles. The van der Waals surface area contributed by atoms with E-state index in [1.54, 1.807) is 7.11 Å². The Bertz CT molecular complexity index is 399. The van der Waals surface area contributed by atoms with Gasteiger partial charge in [0.2, 0.25) is 0 Å². The lowest BCUT2D eigenvalue weighted by atomic mass is 10.0. The Kier molecular flexibility index (Phi) is 5.19. The maximum Gasteiger partial charge on any atom is 0.123 e. The molecule has 0 bridgehead atoms. The van der Waals surface area contributed by atoms with Gasteiger partial charge in [0.05, 0.1) is 13.7 Å². The Morgan fingerprint density at radius 1 is 1.37 bits per heavy atom. The van der Waals surface area contributed by atoms with Crippen LogP contribution in [0.25, 0.3) is 0 Å². The molecule has 0 spiro atoms. The van der Waals surface area contributed by atoms with Crippen LogP contribution in [-0.4, -0.2) is 38.3 Å². The fraction of sp³-hybridized carbons (Fsp3) is 0.600. The molecule has 1 atom stereocenters. The first-order valence-electron chi connectivity index (χ1n) is 6.93. The second-order valence-electron chi connectivity index (χ2n) is 5.10. The van der Waals surface area contributed by atoms with Crippen molar-refractivity contribution in [3.8, 4) is 5.75 Å². The van der Waals surface area contributed by atoms with E-state index in [4.69, 9.17) is 15.2 Å². The van der Waals surface area contributed by atoms with Crippen LogP contribution in [0.15, 0.2) is 18.2 Å². The van der Waals surface area contributed by atoms with Crippen molar-refractivity contribution in [2.45, 2.75) is 25.9 Å². The van der Waals surface area contributed by atoms with Crippen molar-refractivity contribution < 1.29 is 9.47 Å². The molecule has 4 nitrogen and oxygen atoms in total. The SMILES string of the molecule is COc1ccc(C(C)N)cc1CN1CCCOCC1. The topological polar surface area (TPSA) is 47.7 Å². The van der Waals surface area contributed by atoms with Crippen LogP contribution in [-0.2, 0) is 11.3 Å². The minimum atomic E-state index is 0.0529. The van der Waals surface area contributed by atoms with E-state index >= 15 is 0 Å². The third kappa shape index (κ3) is 3.93. The number of nitrogens with two attached hydrogens (primary N) is 1. The van der Waals surface area contributed by atoms with Gasteiger partial charge in [-0.05, 0) is 31.0 Å². The predicted octanol–water partition coefficient (Wildman–Crippen LogP) is 1.94. The van der Waals surface area contributed by atoms with Crippen molar-refractivity contribution in [3.05, 3.63) is 29.3 Å². The van der Waals surface area contributed by atoms with E-state index in [2.05, 4.69) is 11.0 Å². The Morgan fingerprint density at radius 3 is 2.95 bits per heavy atom. The molecule has 106 valence electrons. The maximum absolute atomic E-state index is 5.96. The molecule has 1 heterocycles. The molecule has 1 aromatic rings. The van der Waals surface area contributed by atoms with E-state index in [1.165, 1.54) is 5.56 Å². The largest absolute Gasteiger partial charge is 0.496 e. The third-order valence-electron chi connectivity index (χ3n) is 3.54. The Hall–Kier alpha value is -1.10. The van der Waals surface area contributed by atoms with Gasteiger partial charge in [-0.1, -0.05) is 6.07 Å². The molecule has 1 aliphatic rings. The standard InChI is InChI=1S/C15H24N2O2/c1-12(16)13-4-5-15(18-2)14(10-13)11-17-6-3-8-19-9-7-17/h4-5,10,12H,3,6-9,11,16H2,1-2H3. The number of hydrogen-bond acceptors (Lipinski definition) is 4. The summed E-state index contributed by atoms with van der Waals surface area (Å²) in [6, 6.07) is 6.27. The van der Waals surface area contributed by atoms with Crippen molar-refractivity contribution in [1.82, 2.24) is 4.90 Å². The Labute approximate surface area is 115 Å². The fourth-order valence-corrected chi connectivity index (χ4v) is 2.40. The van der Waals surface area contributed by atoms with E-state index in [-0.39, 0.29) is 6.04 Å². The monoisotopic (exact) mass is 264 g/mol. The van der Waals surface area contributed by atoms with Crippen molar-refractivity contribution >= 4 is 0 Å². The molecule has 2 N–H and O–H groups in total. The zero-order valence-electron chi connectivity index (χ0n) is 11.9. The maximum atomic E-state index is 5.96. The Morgan fingerprint density at radius 2 is 2.21 bits per heavy atom. The summed E-state index contributed by atoms with van der Waals surface area (Å²) in [5.41, 5.74) is 8.32. The van der Waals surface area contributed by atoms with E-state index < -0.39 is 0 Å². The molecule has 0 saturated carbocycles. The van der Waals surface area contributed by atoms with Gasteiger partial charge in [0.1, 0.15) is 5.75 Å². The molecule has 2 rings (SSSR count). The number of methoxy groups -OCH3 is 1. The first kappa shape index (κ1) is 14.3. The number of benzene rings is 1. The van der Waals surface area contributed by atoms with Crippen LogP contribution in [0, 0.1) is 0 Å². The highest BCUT2D eigenvalue weighted by atomic mass is 16.5. The minimum Gasteiger partial charge on any atom is -0.496 e. The van der Waals surface area contributed by atoms with Crippen LogP contribution in [0.5, 0.6) is 5.75 Å². The summed E-state index contributed by atoms with van der Waals surface area (Å²) in [4.78, 5) is 2.41. The molecule has 1 unspecified atom stereocenters. The first-order chi connectivity index (χ1) is 9.20. The molecule has 0 aromatic heterocycles. The predicted molar refractivity (Wildman–Crippen MR) is 76.3 cm³/mol. The molecule has 0 radical (unpaired) electrons. The van der Waals surface area contributed by atoms with Crippen molar-refractivity contribution in [3.63, 3.8) is 0 Å². The zero-order chi connectivity index (χ0) is 13.7. The van der Waals surface area contributed by atoms with Gasteiger partial charge >= 0.3 is 0 Å². The first-order valence-corrected chi connectivity index (χ1v) is 6.93. The van der Waals surface area contributed by atoms with Gasteiger partial charge in [0.15, 0.2) is 0 Å². The van der Waals surface area contributed by atoms with Gasteiger partial charge in [-0.3, -0.25) is 4.90 Å². The lowest BCUT2D eigenvalue weighted by molar-refractivity contribution is 0.140. The van der Waals surface area contributed by atoms with Crippen molar-refractivity contribution in [2.75, 3.05) is 33.4 Å². The summed E-state index contributed by atoms with van der Waals surface area (Å²) in [5, 5.41) is 0. The minimum absolute atomic E-state index is 0.0529. The van der Waals surface area contributed by atoms with E-state index in [0.29, 0.717) is 0 Å². The summed E-state index contributed by atoms with van der Waals surface area (Å²) in [7, 11) is 1.72. The molecule has 19 heavy (non-hydrogen) atoms. The third-order valence-corrected chi connectivity index (χ3v) is 3.54. The summed E-state index contributed by atoms with van der Waals surface area (Å²) in [6.07, 6.45) is 1.09. The van der Waals surface area contributed by atoms with Gasteiger partial charge in [-0.2, -0.15) is 0 Å². The number of hydrogen-bond donors (Lipinski definition) is 1. The normalized spacial score (nSPS) is 18.9. The lowest BCUT2D eigenvalue weighted by Gasteiger charge is -2.21. The van der Waals surface area contributed by atoms with Crippen LogP contribution < -0.4 is 10.5 Å². The average molecular weight is 264 g/mol. The van der Waals surface area contributed by atoms with Crippen LogP contribution in [0.4, 0.5) is 0 Å². The van der Waals surface area contributed by atoms with Gasteiger partial charge < -0.3 is 15.2 Å². The van der Waals surface area contributed by atoms with E-state index in [9.17, 15) is 0 Å². The van der Waals surface area contributed by atoms with Gasteiger partial charge in [-0.25, -0.2) is 0 Å². The summed E-state index contributed by atoms with van der Waals surface area (Å²) in [5.74, 6) is 0.939. The van der Waals surface area contributed by atoms with Crippen molar-refractivity contribution in [2.24, 2.45) is 5.73 Å². The van der Waals surface area contributed by atoms with Crippen LogP contribution in [0.2, 0.25) is 0 Å². The number of ether oxygens (including phenoxy) is 2. The second-order valence-corrected chi connectivity index (χ2v) is 5.10. The summed E-state index contributed by atoms with van der Waals surface area (Å²) >= 11 is 0. The smallest absolute Gasteiger partial charge is 0.123 e. The summed E-state index contributed by atoms with van der Waals surface area (Å²) in [6.45, 7) is 6.64. The van der Waals surface area contributed by atoms with Crippen LogP contribution >= 0.6 is 0 Å². The second kappa shape index (κ2) is 6.89. The highest BCUT2D eigenvalue weighted by Gasteiger charge is 2.13. The van der Waals surface area contributed by atoms with Crippen molar-refractivity contribution in [1.29, 1.82) is 0 Å². The Balaban J connectivity index is 2.14. The van der Waals surface area contributed by atoms with E-state index in [0.717, 1.165) is 50.6 Å². The molecule has 1 fully saturated rings. The summed E-state index contributed by atoms with van der Waals surface area (Å²) < 4.78 is 10.9. The van der Waals surface area contributed by atoms with E-state index in [1.807, 2.05) is 19.1 Å². The molecule has 4 heteroatoms. The number of nitrogens with zero attached hydrogens (tertiary/aromatic N) is 1. The molecule has 1 aliphatic heterocycles. The lowest BCUT2D eigenvalue weighted by Crippen LogP contribution is -2.26. The molecule has 0 amide bonds. The fourth-order valence-electron chi connectivity index (χ4n) is 2.40. The zero-order valence-corrected chi connectivity index (χ0v) is 11.9. The molecule has 1 aromatic carbocycles. The van der Waals surface area contributed by atoms with Crippen LogP contribution in [0.3, 0.4) is 0 Å². The van der Waals surface area contributed by atoms with Gasteiger partial charge in [-0.15, -0.1) is 0 Å². The number of rotatable bonds is 4. The highest BCUT2D eigenvalue weighted by Crippen LogP contribution is 2.24. The van der Waals surface area contributed by atoms with Crippen LogP contribution in [0.1, 0.15) is 30.5 Å². The van der Waals surface area contributed by atoms with Gasteiger partial charge in [0.25, 0.3) is 0 Å². The quantitative estimate of drug-likeness (QED) is 0.903. The average Bonchev–Trinajstić information content (AvgIpc) is 2.67. The molecular weight excluding hydrogens is 240 g/mol. The molecule has 1 saturated heterocycles. The molecular formula is C15H24N2O2.